The zero-order valence-electron chi connectivity index (χ0n) is 21.5. The number of carbonyl (C=O) groups excluding carboxylic acids is 3. The highest BCUT2D eigenvalue weighted by molar-refractivity contribution is 6.15. The summed E-state index contributed by atoms with van der Waals surface area (Å²) >= 11 is 0. The number of Topliss-reactive ketones (excluding diaryl/α,β-unsaturated/α-hetero) is 1. The van der Waals surface area contributed by atoms with Gasteiger partial charge >= 0.3 is 11.9 Å². The molecule has 1 aromatic heterocycles. The molecule has 0 N–H and O–H groups in total. The molecule has 0 aliphatic carbocycles. The molecule has 1 atom stereocenters. The average Bonchev–Trinajstić information content (AvgIpc) is 3.30. The van der Waals surface area contributed by atoms with Crippen LogP contribution >= 0.6 is 0 Å². The summed E-state index contributed by atoms with van der Waals surface area (Å²) < 4.78 is 22.4. The second-order valence-electron chi connectivity index (χ2n) is 9.36. The quantitative estimate of drug-likeness (QED) is 0.182. The van der Waals surface area contributed by atoms with Crippen LogP contribution in [-0.2, 0) is 16.1 Å². The first kappa shape index (κ1) is 25.1. The van der Waals surface area contributed by atoms with Crippen LogP contribution < -0.4 is 14.2 Å². The number of methoxy groups -OCH3 is 1. The number of hydrogen-bond acceptors (Lipinski definition) is 8. The molecule has 8 nitrogen and oxygen atoms in total. The van der Waals surface area contributed by atoms with E-state index in [0.717, 1.165) is 11.1 Å². The van der Waals surface area contributed by atoms with E-state index in [-0.39, 0.29) is 23.9 Å². The summed E-state index contributed by atoms with van der Waals surface area (Å²) in [4.78, 5) is 41.7. The third-order valence-electron chi connectivity index (χ3n) is 6.80. The molecule has 0 radical (unpaired) electrons. The Morgan fingerprint density at radius 1 is 1.02 bits per heavy atom. The van der Waals surface area contributed by atoms with Gasteiger partial charge in [0.1, 0.15) is 23.9 Å². The summed E-state index contributed by atoms with van der Waals surface area (Å²) in [6.45, 7) is 0.350. The molecular weight excluding hydrogens is 510 g/mol. The van der Waals surface area contributed by atoms with Gasteiger partial charge in [-0.2, -0.15) is 0 Å². The number of nitrogens with zero attached hydrogens (tertiary/aromatic N) is 1. The van der Waals surface area contributed by atoms with Crippen molar-refractivity contribution >= 4 is 23.8 Å². The zero-order chi connectivity index (χ0) is 27.6. The van der Waals surface area contributed by atoms with Gasteiger partial charge in [0, 0.05) is 29.4 Å². The van der Waals surface area contributed by atoms with Crippen LogP contribution in [0.4, 0.5) is 0 Å². The first-order chi connectivity index (χ1) is 19.5. The minimum absolute atomic E-state index is 0.0844. The molecule has 0 spiro atoms. The van der Waals surface area contributed by atoms with Crippen molar-refractivity contribution in [2.75, 3.05) is 7.11 Å². The molecule has 2 aliphatic rings. The Hall–Kier alpha value is -5.24. The lowest BCUT2D eigenvalue weighted by molar-refractivity contribution is -0.135. The molecule has 2 aliphatic heterocycles. The van der Waals surface area contributed by atoms with Gasteiger partial charge in [0.2, 0.25) is 5.78 Å². The van der Waals surface area contributed by atoms with Crippen molar-refractivity contribution in [3.8, 4) is 17.2 Å². The number of aromatic nitrogens is 1. The van der Waals surface area contributed by atoms with Crippen molar-refractivity contribution in [1.82, 2.24) is 4.98 Å². The SMILES string of the molecule is COC(=O)c1ccc(/C=C2\Oc3c(ccc4c3[C@@H](c3cccc(OCc5cccnc5)c3)CC(=O)O4)C2=O)cc1. The largest absolute Gasteiger partial charge is 0.489 e. The number of ether oxygens (including phenoxy) is 4. The van der Waals surface area contributed by atoms with Gasteiger partial charge in [-0.3, -0.25) is 14.6 Å². The predicted octanol–water partition coefficient (Wildman–Crippen LogP) is 5.50. The highest BCUT2D eigenvalue weighted by Crippen LogP contribution is 2.49. The Labute approximate surface area is 229 Å². The van der Waals surface area contributed by atoms with Gasteiger partial charge < -0.3 is 18.9 Å². The van der Waals surface area contributed by atoms with Crippen LogP contribution in [-0.4, -0.2) is 29.8 Å². The molecule has 198 valence electrons. The van der Waals surface area contributed by atoms with Gasteiger partial charge in [-0.25, -0.2) is 4.79 Å². The average molecular weight is 534 g/mol. The fourth-order valence-electron chi connectivity index (χ4n) is 4.85. The van der Waals surface area contributed by atoms with Gasteiger partial charge in [0.05, 0.1) is 24.7 Å². The van der Waals surface area contributed by atoms with E-state index in [1.165, 1.54) is 7.11 Å². The second kappa shape index (κ2) is 10.5. The van der Waals surface area contributed by atoms with Crippen LogP contribution in [0.3, 0.4) is 0 Å². The lowest BCUT2D eigenvalue weighted by atomic mass is 9.84. The Morgan fingerprint density at radius 2 is 1.88 bits per heavy atom. The van der Waals surface area contributed by atoms with E-state index in [4.69, 9.17) is 18.9 Å². The number of pyridine rings is 1. The molecule has 40 heavy (non-hydrogen) atoms. The third-order valence-corrected chi connectivity index (χ3v) is 6.80. The topological polar surface area (TPSA) is 101 Å². The highest BCUT2D eigenvalue weighted by Gasteiger charge is 2.38. The number of allylic oxidation sites excluding steroid dienone is 1. The smallest absolute Gasteiger partial charge is 0.337 e. The summed E-state index contributed by atoms with van der Waals surface area (Å²) in [5.74, 6) is 0.0141. The van der Waals surface area contributed by atoms with E-state index in [2.05, 4.69) is 4.98 Å². The van der Waals surface area contributed by atoms with E-state index in [0.29, 0.717) is 46.1 Å². The maximum atomic E-state index is 13.3. The molecule has 8 heteroatoms. The van der Waals surface area contributed by atoms with Gasteiger partial charge in [-0.1, -0.05) is 30.3 Å². The standard InChI is InChI=1S/C32H23NO7/c1-37-32(36)21-9-7-19(8-10-21)14-27-30(35)24-11-12-26-29(31(24)40-27)25(16-28(34)39-26)22-5-2-6-23(15-22)38-18-20-4-3-13-33-17-20/h2-15,17,25H,16,18H2,1H3/b27-14-/t25-/m1/s1. The second-order valence-corrected chi connectivity index (χ2v) is 9.36. The molecule has 0 saturated carbocycles. The van der Waals surface area contributed by atoms with Crippen molar-refractivity contribution < 1.29 is 33.3 Å². The van der Waals surface area contributed by atoms with Crippen molar-refractivity contribution in [2.45, 2.75) is 18.9 Å². The van der Waals surface area contributed by atoms with Gasteiger partial charge in [-0.05, 0) is 59.7 Å². The first-order valence-electron chi connectivity index (χ1n) is 12.6. The summed E-state index contributed by atoms with van der Waals surface area (Å²) in [5, 5.41) is 0. The summed E-state index contributed by atoms with van der Waals surface area (Å²) in [6, 6.07) is 21.2. The molecule has 6 rings (SSSR count). The van der Waals surface area contributed by atoms with Crippen LogP contribution in [0.1, 0.15) is 55.3 Å². The maximum absolute atomic E-state index is 13.3. The van der Waals surface area contributed by atoms with Crippen LogP contribution in [0.2, 0.25) is 0 Å². The molecule has 0 unspecified atom stereocenters. The molecule has 3 aromatic carbocycles. The third kappa shape index (κ3) is 4.82. The summed E-state index contributed by atoms with van der Waals surface area (Å²) in [6.07, 6.45) is 5.15. The van der Waals surface area contributed by atoms with Crippen LogP contribution in [0.25, 0.3) is 6.08 Å². The van der Waals surface area contributed by atoms with Crippen LogP contribution in [0, 0.1) is 0 Å². The Kier molecular flexibility index (Phi) is 6.57. The Balaban J connectivity index is 1.31. The van der Waals surface area contributed by atoms with Crippen molar-refractivity contribution in [1.29, 1.82) is 0 Å². The van der Waals surface area contributed by atoms with Gasteiger partial charge in [-0.15, -0.1) is 0 Å². The Bertz CT molecular complexity index is 1660. The monoisotopic (exact) mass is 533 g/mol. The van der Waals surface area contributed by atoms with Crippen molar-refractivity contribution in [2.24, 2.45) is 0 Å². The van der Waals surface area contributed by atoms with E-state index >= 15 is 0 Å². The van der Waals surface area contributed by atoms with Crippen molar-refractivity contribution in [3.05, 3.63) is 124 Å². The number of esters is 2. The van der Waals surface area contributed by atoms with Gasteiger partial charge in [0.15, 0.2) is 5.76 Å². The number of benzene rings is 3. The number of ketones is 1. The van der Waals surface area contributed by atoms with Crippen molar-refractivity contribution in [3.63, 3.8) is 0 Å². The predicted molar refractivity (Wildman–Crippen MR) is 144 cm³/mol. The lowest BCUT2D eigenvalue weighted by Gasteiger charge is -2.26. The maximum Gasteiger partial charge on any atom is 0.337 e. The Morgan fingerprint density at radius 3 is 2.65 bits per heavy atom. The molecular formula is C32H23NO7. The molecule has 4 aromatic rings. The van der Waals surface area contributed by atoms with Crippen LogP contribution in [0.5, 0.6) is 17.2 Å². The highest BCUT2D eigenvalue weighted by atomic mass is 16.5. The summed E-state index contributed by atoms with van der Waals surface area (Å²) in [5.41, 5.74) is 3.88. The van der Waals surface area contributed by atoms with E-state index in [1.54, 1.807) is 54.9 Å². The normalized spacial score (nSPS) is 16.5. The number of hydrogen-bond donors (Lipinski definition) is 0. The lowest BCUT2D eigenvalue weighted by Crippen LogP contribution is -2.21. The number of rotatable bonds is 6. The molecule has 0 saturated heterocycles. The minimum Gasteiger partial charge on any atom is -0.489 e. The first-order valence-corrected chi connectivity index (χ1v) is 12.6. The minimum atomic E-state index is -0.446. The molecule has 0 bridgehead atoms. The van der Waals surface area contributed by atoms with E-state index < -0.39 is 11.9 Å². The van der Waals surface area contributed by atoms with E-state index in [9.17, 15) is 14.4 Å². The molecule has 3 heterocycles. The number of carbonyl (C=O) groups is 3. The summed E-state index contributed by atoms with van der Waals surface area (Å²) in [7, 11) is 1.32. The fraction of sp³-hybridized carbons (Fsp3) is 0.125. The molecule has 0 amide bonds. The fourth-order valence-corrected chi connectivity index (χ4v) is 4.85. The zero-order valence-corrected chi connectivity index (χ0v) is 21.5. The number of fused-ring (bicyclic) bond motifs is 3. The van der Waals surface area contributed by atoms with E-state index in [1.807, 2.05) is 36.4 Å². The van der Waals surface area contributed by atoms with Crippen LogP contribution in [0.15, 0.2) is 90.9 Å². The molecule has 0 fully saturated rings. The van der Waals surface area contributed by atoms with Gasteiger partial charge in [0.25, 0.3) is 0 Å².